The third-order valence-corrected chi connectivity index (χ3v) is 2.03. The van der Waals surface area contributed by atoms with Gasteiger partial charge < -0.3 is 5.73 Å². The van der Waals surface area contributed by atoms with Gasteiger partial charge in [-0.15, -0.1) is 0 Å². The first kappa shape index (κ1) is 5.93. The minimum Gasteiger partial charge on any atom is -0.320 e. The molecule has 1 nitrogen and oxygen atoms in total. The standard InChI is InChI=1S/C9H10N/c10-9-6-5-7-3-1-2-4-8(7)9/h1-4H,5-6,10H2. The van der Waals surface area contributed by atoms with Gasteiger partial charge in [0.05, 0.1) is 6.04 Å². The van der Waals surface area contributed by atoms with Crippen molar-refractivity contribution < 1.29 is 0 Å². The van der Waals surface area contributed by atoms with Crippen LogP contribution in [0, 0.1) is 6.04 Å². The molecule has 0 aliphatic heterocycles. The van der Waals surface area contributed by atoms with Gasteiger partial charge >= 0.3 is 0 Å². The highest BCUT2D eigenvalue weighted by atomic mass is 14.6. The minimum absolute atomic E-state index is 1.04. The van der Waals surface area contributed by atoms with Gasteiger partial charge in [-0.05, 0) is 24.0 Å². The number of nitrogens with two attached hydrogens (primary N) is 1. The second-order valence-corrected chi connectivity index (χ2v) is 2.68. The zero-order valence-electron chi connectivity index (χ0n) is 5.80. The zero-order valence-corrected chi connectivity index (χ0v) is 5.80. The fraction of sp³-hybridized carbons (Fsp3) is 0.222. The maximum atomic E-state index is 5.76. The van der Waals surface area contributed by atoms with Crippen LogP contribution in [0.25, 0.3) is 0 Å². The summed E-state index contributed by atoms with van der Waals surface area (Å²) in [4.78, 5) is 0. The number of benzene rings is 1. The van der Waals surface area contributed by atoms with Crippen molar-refractivity contribution in [1.82, 2.24) is 0 Å². The Bertz CT molecular complexity index is 242. The van der Waals surface area contributed by atoms with Crippen LogP contribution >= 0.6 is 0 Å². The Morgan fingerprint density at radius 1 is 1.10 bits per heavy atom. The van der Waals surface area contributed by atoms with Crippen molar-refractivity contribution in [1.29, 1.82) is 0 Å². The van der Waals surface area contributed by atoms with Crippen LogP contribution in [0.15, 0.2) is 24.3 Å². The van der Waals surface area contributed by atoms with E-state index in [-0.39, 0.29) is 0 Å². The van der Waals surface area contributed by atoms with Crippen LogP contribution in [0.5, 0.6) is 0 Å². The molecule has 1 aliphatic rings. The van der Waals surface area contributed by atoms with Crippen LogP contribution in [0.2, 0.25) is 0 Å². The first-order chi connectivity index (χ1) is 4.88. The quantitative estimate of drug-likeness (QED) is 0.568. The molecule has 2 N–H and O–H groups in total. The fourth-order valence-electron chi connectivity index (χ4n) is 1.46. The van der Waals surface area contributed by atoms with Gasteiger partial charge in [0.25, 0.3) is 0 Å². The molecule has 1 heteroatoms. The lowest BCUT2D eigenvalue weighted by atomic mass is 10.1. The Hall–Kier alpha value is -0.820. The van der Waals surface area contributed by atoms with Gasteiger partial charge in [0.15, 0.2) is 0 Å². The summed E-state index contributed by atoms with van der Waals surface area (Å²) >= 11 is 0. The topological polar surface area (TPSA) is 26.0 Å². The molecule has 0 spiro atoms. The van der Waals surface area contributed by atoms with E-state index in [1.807, 2.05) is 6.07 Å². The number of hydrogen-bond acceptors (Lipinski definition) is 1. The van der Waals surface area contributed by atoms with Crippen LogP contribution in [-0.2, 0) is 6.42 Å². The average Bonchev–Trinajstić information content (AvgIpc) is 2.34. The zero-order chi connectivity index (χ0) is 6.97. The number of rotatable bonds is 0. The molecule has 2 rings (SSSR count). The van der Waals surface area contributed by atoms with Crippen LogP contribution in [0.4, 0.5) is 0 Å². The van der Waals surface area contributed by atoms with E-state index >= 15 is 0 Å². The van der Waals surface area contributed by atoms with Crippen molar-refractivity contribution in [2.24, 2.45) is 5.73 Å². The molecule has 1 radical (unpaired) electrons. The van der Waals surface area contributed by atoms with Gasteiger partial charge in [0.1, 0.15) is 0 Å². The smallest absolute Gasteiger partial charge is 0.0640 e. The largest absolute Gasteiger partial charge is 0.320 e. The number of aryl methyl sites for hydroxylation is 1. The first-order valence-electron chi connectivity index (χ1n) is 3.57. The Balaban J connectivity index is 2.51. The van der Waals surface area contributed by atoms with Crippen molar-refractivity contribution in [3.05, 3.63) is 41.4 Å². The van der Waals surface area contributed by atoms with E-state index in [4.69, 9.17) is 5.73 Å². The van der Waals surface area contributed by atoms with E-state index < -0.39 is 0 Å². The second-order valence-electron chi connectivity index (χ2n) is 2.68. The van der Waals surface area contributed by atoms with Crippen LogP contribution in [0.1, 0.15) is 17.5 Å². The second kappa shape index (κ2) is 2.10. The van der Waals surface area contributed by atoms with Gasteiger partial charge in [0.2, 0.25) is 0 Å². The van der Waals surface area contributed by atoms with Crippen molar-refractivity contribution in [2.75, 3.05) is 0 Å². The normalized spacial score (nSPS) is 17.3. The highest BCUT2D eigenvalue weighted by molar-refractivity contribution is 5.41. The Morgan fingerprint density at radius 3 is 2.70 bits per heavy atom. The summed E-state index contributed by atoms with van der Waals surface area (Å²) in [5, 5.41) is 0. The van der Waals surface area contributed by atoms with Gasteiger partial charge in [-0.25, -0.2) is 0 Å². The third kappa shape index (κ3) is 0.745. The fourth-order valence-corrected chi connectivity index (χ4v) is 1.46. The van der Waals surface area contributed by atoms with Gasteiger partial charge in [-0.2, -0.15) is 0 Å². The lowest BCUT2D eigenvalue weighted by Gasteiger charge is -2.00. The van der Waals surface area contributed by atoms with Crippen molar-refractivity contribution in [2.45, 2.75) is 12.8 Å². The van der Waals surface area contributed by atoms with E-state index in [1.54, 1.807) is 0 Å². The average molecular weight is 132 g/mol. The summed E-state index contributed by atoms with van der Waals surface area (Å²) in [6.07, 6.45) is 2.17. The highest BCUT2D eigenvalue weighted by Crippen LogP contribution is 2.27. The van der Waals surface area contributed by atoms with Crippen molar-refractivity contribution in [3.63, 3.8) is 0 Å². The van der Waals surface area contributed by atoms with Gasteiger partial charge in [0, 0.05) is 0 Å². The van der Waals surface area contributed by atoms with Crippen molar-refractivity contribution >= 4 is 0 Å². The molecule has 51 valence electrons. The molecule has 0 heterocycles. The molecular weight excluding hydrogens is 122 g/mol. The van der Waals surface area contributed by atoms with Crippen LogP contribution < -0.4 is 5.73 Å². The molecular formula is C9H10N. The van der Waals surface area contributed by atoms with Gasteiger partial charge in [-0.1, -0.05) is 24.3 Å². The van der Waals surface area contributed by atoms with E-state index in [9.17, 15) is 0 Å². The monoisotopic (exact) mass is 132 g/mol. The van der Waals surface area contributed by atoms with E-state index in [2.05, 4.69) is 18.2 Å². The Kier molecular flexibility index (Phi) is 1.24. The maximum Gasteiger partial charge on any atom is 0.0640 e. The summed E-state index contributed by atoms with van der Waals surface area (Å²) in [5.74, 6) is 0. The Morgan fingerprint density at radius 2 is 1.90 bits per heavy atom. The van der Waals surface area contributed by atoms with Crippen LogP contribution in [0.3, 0.4) is 0 Å². The number of fused-ring (bicyclic) bond motifs is 1. The molecule has 10 heavy (non-hydrogen) atoms. The van der Waals surface area contributed by atoms with E-state index in [0.29, 0.717) is 0 Å². The van der Waals surface area contributed by atoms with E-state index in [1.165, 1.54) is 11.1 Å². The molecule has 0 saturated carbocycles. The third-order valence-electron chi connectivity index (χ3n) is 2.03. The van der Waals surface area contributed by atoms with E-state index in [0.717, 1.165) is 18.9 Å². The minimum atomic E-state index is 1.04. The summed E-state index contributed by atoms with van der Waals surface area (Å²) < 4.78 is 0. The predicted molar refractivity (Wildman–Crippen MR) is 41.3 cm³/mol. The van der Waals surface area contributed by atoms with Gasteiger partial charge in [-0.3, -0.25) is 0 Å². The number of hydrogen-bond donors (Lipinski definition) is 1. The highest BCUT2D eigenvalue weighted by Gasteiger charge is 2.17. The molecule has 1 aromatic carbocycles. The molecule has 1 aliphatic carbocycles. The lowest BCUT2D eigenvalue weighted by Crippen LogP contribution is -2.05. The molecule has 0 fully saturated rings. The SMILES string of the molecule is N[C]1CCc2ccccc21. The van der Waals surface area contributed by atoms with Crippen LogP contribution in [-0.4, -0.2) is 0 Å². The Labute approximate surface area is 60.9 Å². The molecule has 0 bridgehead atoms. The lowest BCUT2D eigenvalue weighted by molar-refractivity contribution is 0.915. The molecule has 1 aromatic rings. The predicted octanol–water partition coefficient (Wildman–Crippen LogP) is 1.47. The summed E-state index contributed by atoms with van der Waals surface area (Å²) in [7, 11) is 0. The molecule has 0 saturated heterocycles. The summed E-state index contributed by atoms with van der Waals surface area (Å²) in [6.45, 7) is 0. The summed E-state index contributed by atoms with van der Waals surface area (Å²) in [5.41, 5.74) is 8.43. The summed E-state index contributed by atoms with van der Waals surface area (Å²) in [6, 6.07) is 9.40. The molecule has 0 aromatic heterocycles. The molecule has 0 unspecified atom stereocenters. The molecule has 0 amide bonds. The molecule has 0 atom stereocenters. The maximum absolute atomic E-state index is 5.76. The van der Waals surface area contributed by atoms with Crippen molar-refractivity contribution in [3.8, 4) is 0 Å². The first-order valence-corrected chi connectivity index (χ1v) is 3.57.